The van der Waals surface area contributed by atoms with Gasteiger partial charge in [-0.2, -0.15) is 8.78 Å². The lowest BCUT2D eigenvalue weighted by Gasteiger charge is -2.45. The third-order valence-electron chi connectivity index (χ3n) is 7.70. The van der Waals surface area contributed by atoms with E-state index in [2.05, 4.69) is 22.3 Å². The number of ether oxygens (including phenoxy) is 1. The molecule has 2 amide bonds. The van der Waals surface area contributed by atoms with Gasteiger partial charge in [0.1, 0.15) is 11.3 Å². The van der Waals surface area contributed by atoms with Gasteiger partial charge in [0, 0.05) is 29.1 Å². The van der Waals surface area contributed by atoms with Crippen LogP contribution in [0, 0.1) is 6.92 Å². The van der Waals surface area contributed by atoms with Gasteiger partial charge in [0.15, 0.2) is 0 Å². The lowest BCUT2D eigenvalue weighted by molar-refractivity contribution is -0.194. The normalized spacial score (nSPS) is 18.4. The molecule has 0 unspecified atom stereocenters. The number of amides is 2. The summed E-state index contributed by atoms with van der Waals surface area (Å²) in [6, 6.07) is 19.1. The highest BCUT2D eigenvalue weighted by Crippen LogP contribution is 2.39. The van der Waals surface area contributed by atoms with Crippen LogP contribution in [0.3, 0.4) is 0 Å². The highest BCUT2D eigenvalue weighted by molar-refractivity contribution is 6.12. The van der Waals surface area contributed by atoms with Crippen molar-refractivity contribution in [2.45, 2.75) is 64.7 Å². The van der Waals surface area contributed by atoms with Crippen LogP contribution in [-0.2, 0) is 11.2 Å². The number of aryl methyl sites for hydroxylation is 2. The van der Waals surface area contributed by atoms with E-state index < -0.39 is 18.3 Å². The number of halogens is 2. The molecule has 0 atom stereocenters. The Hall–Kier alpha value is -4.04. The monoisotopic (exact) mass is 560 g/mol. The smallest absolute Gasteiger partial charge is 0.345 e. The van der Waals surface area contributed by atoms with E-state index in [1.54, 1.807) is 13.1 Å². The van der Waals surface area contributed by atoms with Crippen molar-refractivity contribution in [1.29, 1.82) is 0 Å². The molecule has 8 heteroatoms. The highest BCUT2D eigenvalue weighted by Gasteiger charge is 2.43. The number of nitrogens with one attached hydrogen (secondary N) is 2. The lowest BCUT2D eigenvalue weighted by Crippen LogP contribution is -2.58. The Kier molecular flexibility index (Phi) is 7.95. The number of rotatable bonds is 9. The van der Waals surface area contributed by atoms with Crippen molar-refractivity contribution in [2.24, 2.45) is 0 Å². The van der Waals surface area contributed by atoms with Gasteiger partial charge in [-0.15, -0.1) is 0 Å². The number of hydrogen-bond donors (Lipinski definition) is 2. The standard InChI is InChI=1S/C33H34F2N2O4/c1-5-7-21-15-27-26(28(31(39)36-4)29(41-27)20-12-10-19(2)11-13-20)16-25(21)22-8-6-9-23(14-22)30(38)37-33(3)17-24(18-33)40-32(34)35/h6,8-16,24,32H,5,7,17-18H2,1-4H3,(H,36,39)(H,37,38). The molecule has 0 spiro atoms. The third kappa shape index (κ3) is 5.88. The van der Waals surface area contributed by atoms with Crippen LogP contribution in [0.1, 0.15) is 65.0 Å². The second-order valence-corrected chi connectivity index (χ2v) is 11.0. The molecule has 41 heavy (non-hydrogen) atoms. The molecular formula is C33H34F2N2O4. The second kappa shape index (κ2) is 11.4. The van der Waals surface area contributed by atoms with Crippen LogP contribution in [0.5, 0.6) is 0 Å². The van der Waals surface area contributed by atoms with Gasteiger partial charge in [-0.1, -0.05) is 55.3 Å². The maximum atomic E-state index is 13.2. The summed E-state index contributed by atoms with van der Waals surface area (Å²) < 4.78 is 35.9. The Morgan fingerprint density at radius 3 is 2.44 bits per heavy atom. The average molecular weight is 561 g/mol. The SMILES string of the molecule is CCCc1cc2oc(-c3ccc(C)cc3)c(C(=O)NC)c2cc1-c1cccc(C(=O)NC2(C)CC(OC(F)F)C2)c1. The minimum Gasteiger partial charge on any atom is -0.455 e. The second-order valence-electron chi connectivity index (χ2n) is 11.0. The molecule has 6 nitrogen and oxygen atoms in total. The van der Waals surface area contributed by atoms with Crippen molar-refractivity contribution < 1.29 is 27.5 Å². The third-order valence-corrected chi connectivity index (χ3v) is 7.70. The van der Waals surface area contributed by atoms with Gasteiger partial charge in [-0.3, -0.25) is 9.59 Å². The summed E-state index contributed by atoms with van der Waals surface area (Å²) in [6.07, 6.45) is 1.76. The Balaban J connectivity index is 1.53. The summed E-state index contributed by atoms with van der Waals surface area (Å²) in [5, 5.41) is 6.42. The fourth-order valence-corrected chi connectivity index (χ4v) is 5.65. The summed E-state index contributed by atoms with van der Waals surface area (Å²) in [4.78, 5) is 26.3. The molecule has 1 aromatic heterocycles. The molecule has 4 aromatic rings. The number of fused-ring (bicyclic) bond motifs is 1. The van der Waals surface area contributed by atoms with Crippen molar-refractivity contribution >= 4 is 22.8 Å². The average Bonchev–Trinajstić information content (AvgIpc) is 3.30. The molecule has 1 saturated carbocycles. The summed E-state index contributed by atoms with van der Waals surface area (Å²) in [5.41, 5.74) is 5.65. The zero-order valence-electron chi connectivity index (χ0n) is 23.6. The predicted molar refractivity (Wildman–Crippen MR) is 155 cm³/mol. The van der Waals surface area contributed by atoms with Gasteiger partial charge < -0.3 is 19.8 Å². The van der Waals surface area contributed by atoms with E-state index in [1.165, 1.54) is 0 Å². The largest absolute Gasteiger partial charge is 0.455 e. The van der Waals surface area contributed by atoms with Crippen molar-refractivity contribution in [2.75, 3.05) is 7.05 Å². The Bertz CT molecular complexity index is 1590. The molecule has 1 heterocycles. The van der Waals surface area contributed by atoms with Crippen molar-refractivity contribution in [1.82, 2.24) is 10.6 Å². The molecule has 214 valence electrons. The highest BCUT2D eigenvalue weighted by atomic mass is 19.3. The molecule has 0 aliphatic heterocycles. The minimum atomic E-state index is -2.82. The minimum absolute atomic E-state index is 0.246. The van der Waals surface area contributed by atoms with Crippen molar-refractivity contribution in [3.63, 3.8) is 0 Å². The van der Waals surface area contributed by atoms with E-state index in [-0.39, 0.29) is 11.8 Å². The van der Waals surface area contributed by atoms with E-state index in [4.69, 9.17) is 4.42 Å². The first-order valence-electron chi connectivity index (χ1n) is 13.9. The van der Waals surface area contributed by atoms with Crippen molar-refractivity contribution in [3.8, 4) is 22.5 Å². The van der Waals surface area contributed by atoms with Crippen LogP contribution in [0.2, 0.25) is 0 Å². The zero-order valence-corrected chi connectivity index (χ0v) is 23.6. The first kappa shape index (κ1) is 28.5. The molecule has 3 aromatic carbocycles. The van der Waals surface area contributed by atoms with Gasteiger partial charge in [-0.25, -0.2) is 0 Å². The molecule has 0 saturated heterocycles. The number of alkyl halides is 2. The number of carbonyl (C=O) groups excluding carboxylic acids is 2. The Labute approximate surface area is 238 Å². The first-order chi connectivity index (χ1) is 19.6. The first-order valence-corrected chi connectivity index (χ1v) is 13.9. The maximum absolute atomic E-state index is 13.2. The summed E-state index contributed by atoms with van der Waals surface area (Å²) in [6.45, 7) is 3.11. The van der Waals surface area contributed by atoms with Crippen LogP contribution < -0.4 is 10.6 Å². The van der Waals surface area contributed by atoms with Gasteiger partial charge in [-0.05, 0) is 74.1 Å². The molecule has 2 N–H and O–H groups in total. The Morgan fingerprint density at radius 1 is 1.05 bits per heavy atom. The summed E-state index contributed by atoms with van der Waals surface area (Å²) >= 11 is 0. The van der Waals surface area contributed by atoms with Gasteiger partial charge >= 0.3 is 6.61 Å². The topological polar surface area (TPSA) is 80.6 Å². The van der Waals surface area contributed by atoms with E-state index in [9.17, 15) is 18.4 Å². The summed E-state index contributed by atoms with van der Waals surface area (Å²) in [5.74, 6) is -0.0153. The van der Waals surface area contributed by atoms with E-state index in [0.29, 0.717) is 40.7 Å². The van der Waals surface area contributed by atoms with E-state index in [1.807, 2.05) is 68.4 Å². The van der Waals surface area contributed by atoms with E-state index >= 15 is 0 Å². The Morgan fingerprint density at radius 2 is 1.78 bits per heavy atom. The van der Waals surface area contributed by atoms with Crippen LogP contribution in [0.4, 0.5) is 8.78 Å². The van der Waals surface area contributed by atoms with Crippen molar-refractivity contribution in [3.05, 3.63) is 82.9 Å². The fraction of sp³-hybridized carbons (Fsp3) is 0.333. The number of carbonyl (C=O) groups is 2. The molecule has 5 rings (SSSR count). The zero-order chi connectivity index (χ0) is 29.3. The van der Waals surface area contributed by atoms with Crippen LogP contribution in [0.15, 0.2) is 65.1 Å². The van der Waals surface area contributed by atoms with Gasteiger partial charge in [0.2, 0.25) is 0 Å². The van der Waals surface area contributed by atoms with Gasteiger partial charge in [0.05, 0.1) is 11.7 Å². The lowest BCUT2D eigenvalue weighted by atomic mass is 9.75. The maximum Gasteiger partial charge on any atom is 0.345 e. The number of furan rings is 1. The van der Waals surface area contributed by atoms with Gasteiger partial charge in [0.25, 0.3) is 11.8 Å². The quantitative estimate of drug-likeness (QED) is 0.226. The summed E-state index contributed by atoms with van der Waals surface area (Å²) in [7, 11) is 1.60. The molecule has 0 bridgehead atoms. The molecule has 0 radical (unpaired) electrons. The van der Waals surface area contributed by atoms with E-state index in [0.717, 1.165) is 40.7 Å². The molecule has 1 fully saturated rings. The predicted octanol–water partition coefficient (Wildman–Crippen LogP) is 7.28. The van der Waals surface area contributed by atoms with Crippen LogP contribution in [0.25, 0.3) is 33.4 Å². The number of benzene rings is 3. The molecule has 1 aliphatic carbocycles. The number of hydrogen-bond acceptors (Lipinski definition) is 4. The molecular weight excluding hydrogens is 526 g/mol. The molecule has 1 aliphatic rings. The van der Waals surface area contributed by atoms with Crippen LogP contribution in [-0.4, -0.2) is 37.1 Å². The fourth-order valence-electron chi connectivity index (χ4n) is 5.65. The van der Waals surface area contributed by atoms with Crippen LogP contribution >= 0.6 is 0 Å².